The van der Waals surface area contributed by atoms with Crippen LogP contribution in [0.25, 0.3) is 0 Å². The van der Waals surface area contributed by atoms with Gasteiger partial charge in [-0.15, -0.1) is 11.3 Å². The molecular weight excluding hydrogens is 244 g/mol. The third-order valence-electron chi connectivity index (χ3n) is 2.84. The Kier molecular flexibility index (Phi) is 3.77. The first-order valence-electron chi connectivity index (χ1n) is 5.94. The van der Waals surface area contributed by atoms with Gasteiger partial charge in [0.1, 0.15) is 0 Å². The number of amides is 1. The number of carbonyl (C=O) groups is 1. The number of hydrogen-bond donors (Lipinski definition) is 0. The molecule has 0 aliphatic heterocycles. The molecule has 0 saturated heterocycles. The van der Waals surface area contributed by atoms with Crippen molar-refractivity contribution in [1.29, 1.82) is 0 Å². The Bertz CT molecular complexity index is 529. The van der Waals surface area contributed by atoms with E-state index in [9.17, 15) is 4.79 Å². The van der Waals surface area contributed by atoms with Crippen LogP contribution in [0, 0.1) is 13.8 Å². The Balaban J connectivity index is 2.31. The van der Waals surface area contributed by atoms with Crippen LogP contribution in [0.3, 0.4) is 0 Å². The predicted molar refractivity (Wildman–Crippen MR) is 75.4 cm³/mol. The molecule has 1 heterocycles. The van der Waals surface area contributed by atoms with E-state index in [-0.39, 0.29) is 5.91 Å². The van der Waals surface area contributed by atoms with E-state index in [4.69, 9.17) is 0 Å². The number of anilines is 1. The predicted octanol–water partition coefficient (Wildman–Crippen LogP) is 3.43. The summed E-state index contributed by atoms with van der Waals surface area (Å²) in [6.07, 6.45) is 0. The molecule has 2 aromatic rings. The molecule has 2 rings (SSSR count). The maximum Gasteiger partial charge on any atom is 0.287 e. The van der Waals surface area contributed by atoms with E-state index < -0.39 is 0 Å². The summed E-state index contributed by atoms with van der Waals surface area (Å²) in [7, 11) is 0. The lowest BCUT2D eigenvalue weighted by Gasteiger charge is -2.19. The SMILES string of the molecule is CCN(C(=O)c1nc(C)c(C)s1)c1ccccc1. The summed E-state index contributed by atoms with van der Waals surface area (Å²) in [5.74, 6) is -0.0232. The molecule has 4 heteroatoms. The van der Waals surface area contributed by atoms with Gasteiger partial charge in [-0.05, 0) is 32.9 Å². The highest BCUT2D eigenvalue weighted by Crippen LogP contribution is 2.21. The molecule has 1 aromatic heterocycles. The molecule has 0 atom stereocenters. The van der Waals surface area contributed by atoms with E-state index in [0.29, 0.717) is 11.6 Å². The Morgan fingerprint density at radius 2 is 1.94 bits per heavy atom. The van der Waals surface area contributed by atoms with Crippen molar-refractivity contribution in [3.63, 3.8) is 0 Å². The summed E-state index contributed by atoms with van der Waals surface area (Å²) in [6, 6.07) is 9.69. The summed E-state index contributed by atoms with van der Waals surface area (Å²) < 4.78 is 0. The first-order chi connectivity index (χ1) is 8.63. The fraction of sp³-hybridized carbons (Fsp3) is 0.286. The second kappa shape index (κ2) is 5.31. The fourth-order valence-corrected chi connectivity index (χ4v) is 2.59. The fourth-order valence-electron chi connectivity index (χ4n) is 1.73. The second-order valence-electron chi connectivity index (χ2n) is 4.05. The summed E-state index contributed by atoms with van der Waals surface area (Å²) in [5, 5.41) is 0.565. The van der Waals surface area contributed by atoms with Crippen LogP contribution in [-0.2, 0) is 0 Å². The van der Waals surface area contributed by atoms with E-state index in [1.807, 2.05) is 51.1 Å². The maximum absolute atomic E-state index is 12.4. The molecule has 0 fully saturated rings. The average molecular weight is 260 g/mol. The number of rotatable bonds is 3. The summed E-state index contributed by atoms with van der Waals surface area (Å²) in [6.45, 7) is 6.53. The smallest absolute Gasteiger partial charge is 0.287 e. The number of benzene rings is 1. The number of aryl methyl sites for hydroxylation is 2. The Labute approximate surface area is 111 Å². The van der Waals surface area contributed by atoms with Crippen molar-refractivity contribution in [3.05, 3.63) is 45.9 Å². The lowest BCUT2D eigenvalue weighted by atomic mass is 10.3. The molecule has 1 amide bonds. The van der Waals surface area contributed by atoms with Crippen molar-refractivity contribution < 1.29 is 4.79 Å². The zero-order chi connectivity index (χ0) is 13.1. The highest BCUT2D eigenvalue weighted by molar-refractivity contribution is 7.13. The standard InChI is InChI=1S/C14H16N2OS/c1-4-16(12-8-6-5-7-9-12)14(17)13-15-10(2)11(3)18-13/h5-9H,4H2,1-3H3. The van der Waals surface area contributed by atoms with E-state index in [1.54, 1.807) is 4.90 Å². The second-order valence-corrected chi connectivity index (χ2v) is 5.25. The first-order valence-corrected chi connectivity index (χ1v) is 6.76. The van der Waals surface area contributed by atoms with Crippen LogP contribution >= 0.6 is 11.3 Å². The molecule has 0 bridgehead atoms. The molecule has 0 N–H and O–H groups in total. The molecule has 0 aliphatic rings. The minimum absolute atomic E-state index is 0.0232. The van der Waals surface area contributed by atoms with Crippen LogP contribution in [0.5, 0.6) is 0 Å². The van der Waals surface area contributed by atoms with Gasteiger partial charge in [-0.1, -0.05) is 18.2 Å². The van der Waals surface area contributed by atoms with Crippen molar-refractivity contribution in [2.45, 2.75) is 20.8 Å². The first kappa shape index (κ1) is 12.8. The third-order valence-corrected chi connectivity index (χ3v) is 3.90. The van der Waals surface area contributed by atoms with Crippen LogP contribution in [0.4, 0.5) is 5.69 Å². The van der Waals surface area contributed by atoms with Crippen LogP contribution < -0.4 is 4.90 Å². The van der Waals surface area contributed by atoms with Crippen LogP contribution in [0.2, 0.25) is 0 Å². The molecule has 94 valence electrons. The number of nitrogens with zero attached hydrogens (tertiary/aromatic N) is 2. The monoisotopic (exact) mass is 260 g/mol. The summed E-state index contributed by atoms with van der Waals surface area (Å²) >= 11 is 1.46. The van der Waals surface area contributed by atoms with E-state index in [1.165, 1.54) is 11.3 Å². The maximum atomic E-state index is 12.4. The van der Waals surface area contributed by atoms with Crippen molar-refractivity contribution in [1.82, 2.24) is 4.98 Å². The van der Waals surface area contributed by atoms with Gasteiger partial charge in [-0.2, -0.15) is 0 Å². The van der Waals surface area contributed by atoms with Crippen molar-refractivity contribution in [3.8, 4) is 0 Å². The van der Waals surface area contributed by atoms with Crippen molar-refractivity contribution in [2.75, 3.05) is 11.4 Å². The number of hydrogen-bond acceptors (Lipinski definition) is 3. The van der Waals surface area contributed by atoms with Crippen LogP contribution in [0.15, 0.2) is 30.3 Å². The van der Waals surface area contributed by atoms with Crippen LogP contribution in [-0.4, -0.2) is 17.4 Å². The molecule has 18 heavy (non-hydrogen) atoms. The van der Waals surface area contributed by atoms with Gasteiger partial charge in [-0.25, -0.2) is 4.98 Å². The highest BCUT2D eigenvalue weighted by Gasteiger charge is 2.19. The molecule has 0 aliphatic carbocycles. The molecule has 0 saturated carbocycles. The Morgan fingerprint density at radius 1 is 1.28 bits per heavy atom. The lowest BCUT2D eigenvalue weighted by molar-refractivity contribution is 0.0988. The van der Waals surface area contributed by atoms with Gasteiger partial charge in [0.25, 0.3) is 5.91 Å². The van der Waals surface area contributed by atoms with Crippen molar-refractivity contribution in [2.24, 2.45) is 0 Å². The van der Waals surface area contributed by atoms with Gasteiger partial charge in [0.15, 0.2) is 5.01 Å². The number of thiazole rings is 1. The largest absolute Gasteiger partial charge is 0.307 e. The normalized spacial score (nSPS) is 10.4. The van der Waals surface area contributed by atoms with Crippen LogP contribution in [0.1, 0.15) is 27.3 Å². The van der Waals surface area contributed by atoms with Gasteiger partial charge in [-0.3, -0.25) is 4.79 Å². The number of para-hydroxylation sites is 1. The molecule has 3 nitrogen and oxygen atoms in total. The molecule has 0 radical (unpaired) electrons. The highest BCUT2D eigenvalue weighted by atomic mass is 32.1. The summed E-state index contributed by atoms with van der Waals surface area (Å²) in [5.41, 5.74) is 1.85. The zero-order valence-electron chi connectivity index (χ0n) is 10.8. The van der Waals surface area contributed by atoms with Gasteiger partial charge in [0.05, 0.1) is 5.69 Å². The third kappa shape index (κ3) is 2.43. The average Bonchev–Trinajstić information content (AvgIpc) is 2.72. The minimum Gasteiger partial charge on any atom is -0.307 e. The van der Waals surface area contributed by atoms with E-state index in [2.05, 4.69) is 4.98 Å². The molecule has 0 unspecified atom stereocenters. The Morgan fingerprint density at radius 3 is 2.44 bits per heavy atom. The minimum atomic E-state index is -0.0232. The topological polar surface area (TPSA) is 33.2 Å². The van der Waals surface area contributed by atoms with E-state index in [0.717, 1.165) is 16.3 Å². The Hall–Kier alpha value is -1.68. The molecular formula is C14H16N2OS. The quantitative estimate of drug-likeness (QED) is 0.847. The zero-order valence-corrected chi connectivity index (χ0v) is 11.6. The van der Waals surface area contributed by atoms with Gasteiger partial charge >= 0.3 is 0 Å². The number of aromatic nitrogens is 1. The summed E-state index contributed by atoms with van der Waals surface area (Å²) in [4.78, 5) is 19.6. The van der Waals surface area contributed by atoms with Crippen molar-refractivity contribution >= 4 is 22.9 Å². The molecule has 1 aromatic carbocycles. The van der Waals surface area contributed by atoms with Gasteiger partial charge in [0.2, 0.25) is 0 Å². The van der Waals surface area contributed by atoms with E-state index >= 15 is 0 Å². The lowest BCUT2D eigenvalue weighted by Crippen LogP contribution is -2.30. The molecule has 0 spiro atoms. The van der Waals surface area contributed by atoms with Gasteiger partial charge < -0.3 is 4.90 Å². The number of carbonyl (C=O) groups excluding carboxylic acids is 1. The van der Waals surface area contributed by atoms with Gasteiger partial charge in [0, 0.05) is 17.1 Å².